The van der Waals surface area contributed by atoms with Gasteiger partial charge >= 0.3 is 6.01 Å². The number of rotatable bonds is 4. The van der Waals surface area contributed by atoms with E-state index in [4.69, 9.17) is 16.3 Å². The highest BCUT2D eigenvalue weighted by Crippen LogP contribution is 2.16. The molecule has 0 aliphatic carbocycles. The number of hydrogen-bond acceptors (Lipinski definition) is 6. The summed E-state index contributed by atoms with van der Waals surface area (Å²) in [5.74, 6) is -0.149. The molecule has 8 nitrogen and oxygen atoms in total. The van der Waals surface area contributed by atoms with Crippen molar-refractivity contribution in [2.24, 2.45) is 0 Å². The SMILES string of the molecule is O=C(Cn1cnc2ccccc2c1=O)N1CCC[C@@H](Oc2ncc(Cl)cn2)C1. The second kappa shape index (κ2) is 7.93. The summed E-state index contributed by atoms with van der Waals surface area (Å²) in [5, 5.41) is 0.930. The van der Waals surface area contributed by atoms with E-state index in [-0.39, 0.29) is 30.1 Å². The van der Waals surface area contributed by atoms with Gasteiger partial charge in [-0.1, -0.05) is 23.7 Å². The average molecular weight is 400 g/mol. The third kappa shape index (κ3) is 3.96. The molecule has 0 N–H and O–H groups in total. The van der Waals surface area contributed by atoms with Crippen LogP contribution in [0.3, 0.4) is 0 Å². The molecule has 3 heterocycles. The Balaban J connectivity index is 1.44. The molecular weight excluding hydrogens is 382 g/mol. The molecule has 1 fully saturated rings. The molecule has 1 aromatic carbocycles. The van der Waals surface area contributed by atoms with Crippen molar-refractivity contribution in [2.45, 2.75) is 25.5 Å². The molecule has 1 amide bonds. The van der Waals surface area contributed by atoms with Gasteiger partial charge in [0.15, 0.2) is 0 Å². The third-order valence-corrected chi connectivity index (χ3v) is 4.83. The van der Waals surface area contributed by atoms with E-state index < -0.39 is 0 Å². The first-order chi connectivity index (χ1) is 13.6. The Hall–Kier alpha value is -3.00. The Morgan fingerprint density at radius 1 is 1.21 bits per heavy atom. The molecule has 0 saturated carbocycles. The van der Waals surface area contributed by atoms with Crippen LogP contribution in [-0.2, 0) is 11.3 Å². The third-order valence-electron chi connectivity index (χ3n) is 4.64. The van der Waals surface area contributed by atoms with Gasteiger partial charge in [-0.25, -0.2) is 15.0 Å². The summed E-state index contributed by atoms with van der Waals surface area (Å²) in [5.41, 5.74) is 0.393. The van der Waals surface area contributed by atoms with Crippen molar-refractivity contribution in [1.82, 2.24) is 24.4 Å². The maximum absolute atomic E-state index is 12.7. The molecule has 144 valence electrons. The number of ether oxygens (including phenoxy) is 1. The topological polar surface area (TPSA) is 90.2 Å². The van der Waals surface area contributed by atoms with Crippen molar-refractivity contribution in [3.63, 3.8) is 0 Å². The molecule has 0 spiro atoms. The predicted octanol–water partition coefficient (Wildman–Crippen LogP) is 1.91. The van der Waals surface area contributed by atoms with Crippen LogP contribution in [0.15, 0.2) is 47.8 Å². The lowest BCUT2D eigenvalue weighted by Gasteiger charge is -2.32. The lowest BCUT2D eigenvalue weighted by Crippen LogP contribution is -2.46. The summed E-state index contributed by atoms with van der Waals surface area (Å²) in [6, 6.07) is 7.32. The average Bonchev–Trinajstić information content (AvgIpc) is 2.72. The van der Waals surface area contributed by atoms with Crippen LogP contribution in [0.25, 0.3) is 10.9 Å². The molecule has 3 aromatic rings. The molecule has 0 radical (unpaired) electrons. The number of carbonyl (C=O) groups excluding carboxylic acids is 1. The van der Waals surface area contributed by atoms with Gasteiger partial charge in [-0.2, -0.15) is 0 Å². The number of aromatic nitrogens is 4. The van der Waals surface area contributed by atoms with E-state index in [9.17, 15) is 9.59 Å². The van der Waals surface area contributed by atoms with Crippen LogP contribution in [0.1, 0.15) is 12.8 Å². The zero-order valence-corrected chi connectivity index (χ0v) is 15.7. The van der Waals surface area contributed by atoms with Gasteiger partial charge in [-0.3, -0.25) is 14.2 Å². The van der Waals surface area contributed by atoms with Crippen LogP contribution in [0.5, 0.6) is 6.01 Å². The Morgan fingerprint density at radius 2 is 2.00 bits per heavy atom. The molecule has 0 unspecified atom stereocenters. The van der Waals surface area contributed by atoms with Crippen molar-refractivity contribution >= 4 is 28.4 Å². The Kier molecular flexibility index (Phi) is 5.21. The maximum atomic E-state index is 12.7. The van der Waals surface area contributed by atoms with Crippen molar-refractivity contribution in [1.29, 1.82) is 0 Å². The molecule has 1 atom stereocenters. The Labute approximate surface area is 165 Å². The summed E-state index contributed by atoms with van der Waals surface area (Å²) in [6.45, 7) is 0.983. The fourth-order valence-electron chi connectivity index (χ4n) is 3.24. The van der Waals surface area contributed by atoms with Crippen LogP contribution in [0.2, 0.25) is 5.02 Å². The zero-order chi connectivity index (χ0) is 19.5. The molecule has 1 aliphatic rings. The van der Waals surface area contributed by atoms with Gasteiger partial charge in [-0.15, -0.1) is 0 Å². The number of benzene rings is 1. The van der Waals surface area contributed by atoms with E-state index in [0.717, 1.165) is 12.8 Å². The zero-order valence-electron chi connectivity index (χ0n) is 15.0. The second-order valence-corrected chi connectivity index (χ2v) is 7.04. The standard InChI is InChI=1S/C19H18ClN5O3/c20-13-8-21-19(22-9-13)28-14-4-3-7-24(10-14)17(26)11-25-12-23-16-6-2-1-5-15(16)18(25)27/h1-2,5-6,8-9,12,14H,3-4,7,10-11H2/t14-/m1/s1. The number of amides is 1. The summed E-state index contributed by atoms with van der Waals surface area (Å²) in [7, 11) is 0. The highest BCUT2D eigenvalue weighted by Gasteiger charge is 2.26. The van der Waals surface area contributed by atoms with Crippen molar-refractivity contribution in [2.75, 3.05) is 13.1 Å². The number of halogens is 1. The first kappa shape index (κ1) is 18.4. The van der Waals surface area contributed by atoms with Gasteiger partial charge in [0.25, 0.3) is 5.56 Å². The van der Waals surface area contributed by atoms with E-state index in [2.05, 4.69) is 15.0 Å². The molecule has 28 heavy (non-hydrogen) atoms. The lowest BCUT2D eigenvalue weighted by atomic mass is 10.1. The molecule has 4 rings (SSSR count). The number of carbonyl (C=O) groups is 1. The summed E-state index contributed by atoms with van der Waals surface area (Å²) >= 11 is 5.78. The van der Waals surface area contributed by atoms with Crippen molar-refractivity contribution in [3.05, 3.63) is 58.4 Å². The van der Waals surface area contributed by atoms with Crippen LogP contribution in [-0.4, -0.2) is 49.5 Å². The summed E-state index contributed by atoms with van der Waals surface area (Å²) in [6.07, 6.45) is 5.75. The molecule has 9 heteroatoms. The number of para-hydroxylation sites is 1. The molecule has 1 aliphatic heterocycles. The van der Waals surface area contributed by atoms with E-state index in [1.54, 1.807) is 23.1 Å². The summed E-state index contributed by atoms with van der Waals surface area (Å²) < 4.78 is 7.11. The lowest BCUT2D eigenvalue weighted by molar-refractivity contribution is -0.134. The van der Waals surface area contributed by atoms with E-state index in [0.29, 0.717) is 29.0 Å². The number of nitrogens with zero attached hydrogens (tertiary/aromatic N) is 5. The highest BCUT2D eigenvalue weighted by atomic mass is 35.5. The van der Waals surface area contributed by atoms with Crippen LogP contribution < -0.4 is 10.3 Å². The number of fused-ring (bicyclic) bond motifs is 1. The quantitative estimate of drug-likeness (QED) is 0.665. The van der Waals surface area contributed by atoms with Crippen molar-refractivity contribution in [3.8, 4) is 6.01 Å². The molecular formula is C19H18ClN5O3. The largest absolute Gasteiger partial charge is 0.458 e. The smallest absolute Gasteiger partial charge is 0.316 e. The maximum Gasteiger partial charge on any atom is 0.316 e. The monoisotopic (exact) mass is 399 g/mol. The Bertz CT molecular complexity index is 1050. The predicted molar refractivity (Wildman–Crippen MR) is 103 cm³/mol. The minimum Gasteiger partial charge on any atom is -0.458 e. The van der Waals surface area contributed by atoms with Gasteiger partial charge < -0.3 is 9.64 Å². The Morgan fingerprint density at radius 3 is 2.82 bits per heavy atom. The number of hydrogen-bond donors (Lipinski definition) is 0. The van der Waals surface area contributed by atoms with E-state index >= 15 is 0 Å². The van der Waals surface area contributed by atoms with Gasteiger partial charge in [-0.05, 0) is 25.0 Å². The van der Waals surface area contributed by atoms with Gasteiger partial charge in [0.2, 0.25) is 5.91 Å². The molecule has 2 aromatic heterocycles. The highest BCUT2D eigenvalue weighted by molar-refractivity contribution is 6.30. The summed E-state index contributed by atoms with van der Waals surface area (Å²) in [4.78, 5) is 39.3. The van der Waals surface area contributed by atoms with Crippen LogP contribution in [0, 0.1) is 0 Å². The molecule has 1 saturated heterocycles. The first-order valence-corrected chi connectivity index (χ1v) is 9.34. The number of piperidine rings is 1. The fourth-order valence-corrected chi connectivity index (χ4v) is 3.33. The first-order valence-electron chi connectivity index (χ1n) is 8.96. The minimum absolute atomic E-state index is 0.0547. The van der Waals surface area contributed by atoms with Crippen LogP contribution >= 0.6 is 11.6 Å². The van der Waals surface area contributed by atoms with Gasteiger partial charge in [0.05, 0.1) is 41.2 Å². The van der Waals surface area contributed by atoms with Gasteiger partial charge in [0.1, 0.15) is 12.6 Å². The molecule has 0 bridgehead atoms. The van der Waals surface area contributed by atoms with Crippen LogP contribution in [0.4, 0.5) is 0 Å². The van der Waals surface area contributed by atoms with E-state index in [1.165, 1.54) is 23.3 Å². The van der Waals surface area contributed by atoms with Gasteiger partial charge in [0, 0.05) is 6.54 Å². The number of likely N-dealkylation sites (tertiary alicyclic amines) is 1. The second-order valence-electron chi connectivity index (χ2n) is 6.60. The normalized spacial score (nSPS) is 16.9. The minimum atomic E-state index is -0.224. The van der Waals surface area contributed by atoms with Crippen molar-refractivity contribution < 1.29 is 9.53 Å². The fraction of sp³-hybridized carbons (Fsp3) is 0.316. The van der Waals surface area contributed by atoms with E-state index in [1.807, 2.05) is 6.07 Å².